The highest BCUT2D eigenvalue weighted by Crippen LogP contribution is 2.52. The quantitative estimate of drug-likeness (QED) is 0.899. The lowest BCUT2D eigenvalue weighted by molar-refractivity contribution is 0.387. The van der Waals surface area contributed by atoms with E-state index in [4.69, 9.17) is 10.5 Å². The minimum Gasteiger partial charge on any atom is -0.496 e. The Kier molecular flexibility index (Phi) is 3.65. The lowest BCUT2D eigenvalue weighted by Gasteiger charge is -2.27. The summed E-state index contributed by atoms with van der Waals surface area (Å²) in [6.07, 6.45) is 3.44. The van der Waals surface area contributed by atoms with Gasteiger partial charge in [-0.1, -0.05) is 39.8 Å². The van der Waals surface area contributed by atoms with Crippen molar-refractivity contribution in [3.63, 3.8) is 0 Å². The summed E-state index contributed by atoms with van der Waals surface area (Å²) in [4.78, 5) is 0. The molecule has 0 amide bonds. The van der Waals surface area contributed by atoms with Crippen molar-refractivity contribution in [1.29, 1.82) is 0 Å². The number of methoxy groups -OCH3 is 1. The van der Waals surface area contributed by atoms with Gasteiger partial charge < -0.3 is 10.5 Å². The third-order valence-corrected chi connectivity index (χ3v) is 4.38. The van der Waals surface area contributed by atoms with E-state index >= 15 is 0 Å². The fraction of sp³-hybridized carbons (Fsp3) is 0.647. The molecule has 0 heterocycles. The van der Waals surface area contributed by atoms with E-state index in [1.165, 1.54) is 29.5 Å². The van der Waals surface area contributed by atoms with Gasteiger partial charge in [0.25, 0.3) is 0 Å². The van der Waals surface area contributed by atoms with Gasteiger partial charge in [-0.25, -0.2) is 0 Å². The highest BCUT2D eigenvalue weighted by atomic mass is 16.5. The molecule has 1 saturated carbocycles. The number of hydrogen-bond donors (Lipinski definition) is 1. The van der Waals surface area contributed by atoms with Crippen LogP contribution in [0, 0.1) is 0 Å². The number of rotatable bonds is 4. The topological polar surface area (TPSA) is 35.2 Å². The highest BCUT2D eigenvalue weighted by Gasteiger charge is 2.45. The fourth-order valence-electron chi connectivity index (χ4n) is 2.80. The molecule has 0 saturated heterocycles. The van der Waals surface area contributed by atoms with E-state index < -0.39 is 0 Å². The van der Waals surface area contributed by atoms with Gasteiger partial charge in [-0.15, -0.1) is 0 Å². The molecule has 2 rings (SSSR count). The van der Waals surface area contributed by atoms with E-state index in [1.807, 2.05) is 0 Å². The predicted octanol–water partition coefficient (Wildman–Crippen LogP) is 3.55. The molecule has 2 nitrogen and oxygen atoms in total. The van der Waals surface area contributed by atoms with Crippen LogP contribution in [0.3, 0.4) is 0 Å². The molecule has 0 unspecified atom stereocenters. The maximum atomic E-state index is 6.02. The first-order valence-electron chi connectivity index (χ1n) is 7.30. The van der Waals surface area contributed by atoms with E-state index in [-0.39, 0.29) is 10.8 Å². The molecule has 0 spiro atoms. The monoisotopic (exact) mass is 261 g/mol. The lowest BCUT2D eigenvalue weighted by atomic mass is 9.81. The zero-order chi connectivity index (χ0) is 14.3. The second kappa shape index (κ2) is 4.82. The van der Waals surface area contributed by atoms with Gasteiger partial charge in [-0.3, -0.25) is 0 Å². The zero-order valence-electron chi connectivity index (χ0n) is 13.0. The normalized spacial score (nSPS) is 17.4. The standard InChI is InChI=1S/C17H27NO/c1-6-12-9-13(16(2,3)4)15(19-5)14(10-12)17(11-18)7-8-17/h9-10H,6-8,11,18H2,1-5H3. The molecule has 2 N–H and O–H groups in total. The van der Waals surface area contributed by atoms with Crippen molar-refractivity contribution in [2.24, 2.45) is 5.73 Å². The summed E-state index contributed by atoms with van der Waals surface area (Å²) in [5, 5.41) is 0. The van der Waals surface area contributed by atoms with Crippen LogP contribution < -0.4 is 10.5 Å². The predicted molar refractivity (Wildman–Crippen MR) is 81.0 cm³/mol. The van der Waals surface area contributed by atoms with Crippen molar-refractivity contribution < 1.29 is 4.74 Å². The molecule has 0 aliphatic heterocycles. The van der Waals surface area contributed by atoms with Gasteiger partial charge in [-0.05, 0) is 30.2 Å². The number of ether oxygens (including phenoxy) is 1. The van der Waals surface area contributed by atoms with Crippen LogP contribution in [-0.2, 0) is 17.3 Å². The van der Waals surface area contributed by atoms with Gasteiger partial charge in [0, 0.05) is 23.1 Å². The van der Waals surface area contributed by atoms with Crippen LogP contribution >= 0.6 is 0 Å². The summed E-state index contributed by atoms with van der Waals surface area (Å²) in [6.45, 7) is 9.67. The first-order chi connectivity index (χ1) is 8.88. The molecule has 1 aromatic carbocycles. The van der Waals surface area contributed by atoms with Crippen molar-refractivity contribution in [3.05, 3.63) is 28.8 Å². The summed E-state index contributed by atoms with van der Waals surface area (Å²) >= 11 is 0. The number of nitrogens with two attached hydrogens (primary N) is 1. The third kappa shape index (κ3) is 2.51. The van der Waals surface area contributed by atoms with Crippen LogP contribution in [0.5, 0.6) is 5.75 Å². The van der Waals surface area contributed by atoms with Crippen molar-refractivity contribution >= 4 is 0 Å². The summed E-state index contributed by atoms with van der Waals surface area (Å²) in [6, 6.07) is 4.61. The Bertz CT molecular complexity index is 467. The number of aryl methyl sites for hydroxylation is 1. The van der Waals surface area contributed by atoms with E-state index in [0.29, 0.717) is 0 Å². The van der Waals surface area contributed by atoms with Gasteiger partial charge in [-0.2, -0.15) is 0 Å². The Morgan fingerprint density at radius 1 is 1.26 bits per heavy atom. The first-order valence-corrected chi connectivity index (χ1v) is 7.30. The molecule has 2 heteroatoms. The largest absolute Gasteiger partial charge is 0.496 e. The summed E-state index contributed by atoms with van der Waals surface area (Å²) < 4.78 is 5.78. The van der Waals surface area contributed by atoms with Gasteiger partial charge in [0.2, 0.25) is 0 Å². The van der Waals surface area contributed by atoms with Crippen LogP contribution in [0.2, 0.25) is 0 Å². The first kappa shape index (κ1) is 14.4. The van der Waals surface area contributed by atoms with Crippen LogP contribution in [0.1, 0.15) is 57.2 Å². The fourth-order valence-corrected chi connectivity index (χ4v) is 2.80. The molecule has 1 aliphatic rings. The van der Waals surface area contributed by atoms with Crippen molar-refractivity contribution in [2.75, 3.05) is 13.7 Å². The minimum absolute atomic E-state index is 0.0932. The smallest absolute Gasteiger partial charge is 0.126 e. The van der Waals surface area contributed by atoms with Gasteiger partial charge in [0.1, 0.15) is 5.75 Å². The maximum absolute atomic E-state index is 6.02. The van der Waals surface area contributed by atoms with Crippen molar-refractivity contribution in [1.82, 2.24) is 0 Å². The van der Waals surface area contributed by atoms with E-state index in [0.717, 1.165) is 18.7 Å². The van der Waals surface area contributed by atoms with E-state index in [1.54, 1.807) is 7.11 Å². The second-order valence-electron chi connectivity index (χ2n) is 6.81. The molecule has 1 aromatic rings. The molecule has 0 radical (unpaired) electrons. The average molecular weight is 261 g/mol. The third-order valence-electron chi connectivity index (χ3n) is 4.38. The molecule has 1 aliphatic carbocycles. The Labute approximate surface area is 117 Å². The van der Waals surface area contributed by atoms with E-state index in [9.17, 15) is 0 Å². The molecule has 0 atom stereocenters. The summed E-state index contributed by atoms with van der Waals surface area (Å²) in [7, 11) is 1.78. The maximum Gasteiger partial charge on any atom is 0.126 e. The van der Waals surface area contributed by atoms with Crippen LogP contribution in [0.15, 0.2) is 12.1 Å². The second-order valence-corrected chi connectivity index (χ2v) is 6.81. The molecule has 1 fully saturated rings. The lowest BCUT2D eigenvalue weighted by Crippen LogP contribution is -2.23. The minimum atomic E-state index is 0.0932. The van der Waals surface area contributed by atoms with Gasteiger partial charge in [0.15, 0.2) is 0 Å². The average Bonchev–Trinajstić information content (AvgIpc) is 3.17. The molecular formula is C17H27NO. The Morgan fingerprint density at radius 3 is 2.26 bits per heavy atom. The Hall–Kier alpha value is -1.02. The molecule has 0 bridgehead atoms. The van der Waals surface area contributed by atoms with Crippen molar-refractivity contribution in [3.8, 4) is 5.75 Å². The summed E-state index contributed by atoms with van der Waals surface area (Å²) in [5.74, 6) is 1.06. The van der Waals surface area contributed by atoms with Crippen LogP contribution in [0.25, 0.3) is 0 Å². The van der Waals surface area contributed by atoms with Crippen LogP contribution in [0.4, 0.5) is 0 Å². The van der Waals surface area contributed by atoms with Gasteiger partial charge >= 0.3 is 0 Å². The zero-order valence-corrected chi connectivity index (χ0v) is 13.0. The highest BCUT2D eigenvalue weighted by molar-refractivity contribution is 5.53. The molecule has 19 heavy (non-hydrogen) atoms. The van der Waals surface area contributed by atoms with Crippen LogP contribution in [-0.4, -0.2) is 13.7 Å². The molecule has 106 valence electrons. The van der Waals surface area contributed by atoms with E-state index in [2.05, 4.69) is 39.8 Å². The Balaban J connectivity index is 2.65. The molecule has 0 aromatic heterocycles. The Morgan fingerprint density at radius 2 is 1.89 bits per heavy atom. The SMILES string of the molecule is CCc1cc(C(C)(C)C)c(OC)c(C2(CN)CC2)c1. The number of benzene rings is 1. The van der Waals surface area contributed by atoms with Crippen molar-refractivity contribution in [2.45, 2.75) is 57.8 Å². The summed E-state index contributed by atoms with van der Waals surface area (Å²) in [5.41, 5.74) is 10.3. The molecular weight excluding hydrogens is 234 g/mol. The van der Waals surface area contributed by atoms with Gasteiger partial charge in [0.05, 0.1) is 7.11 Å². The number of hydrogen-bond acceptors (Lipinski definition) is 2.